The molecule has 0 aliphatic carbocycles. The quantitative estimate of drug-likeness (QED) is 0.371. The van der Waals surface area contributed by atoms with Crippen LogP contribution in [0.3, 0.4) is 0 Å². The van der Waals surface area contributed by atoms with E-state index in [1.54, 1.807) is 7.11 Å². The second-order valence-corrected chi connectivity index (χ2v) is 9.68. The number of methoxy groups -OCH3 is 1. The van der Waals surface area contributed by atoms with Crippen molar-refractivity contribution < 1.29 is 19.3 Å². The Labute approximate surface area is 214 Å². The monoisotopic (exact) mass is 493 g/mol. The van der Waals surface area contributed by atoms with Gasteiger partial charge in [0.15, 0.2) is 11.5 Å². The van der Waals surface area contributed by atoms with Crippen molar-refractivity contribution in [2.24, 2.45) is 0 Å². The van der Waals surface area contributed by atoms with Crippen LogP contribution in [0.1, 0.15) is 43.1 Å². The fourth-order valence-electron chi connectivity index (χ4n) is 4.59. The molecule has 1 fully saturated rings. The van der Waals surface area contributed by atoms with E-state index in [0.717, 1.165) is 62.1 Å². The van der Waals surface area contributed by atoms with E-state index in [1.807, 2.05) is 42.7 Å². The normalized spacial score (nSPS) is 15.6. The number of nitrogens with zero attached hydrogens (tertiary/aromatic N) is 3. The van der Waals surface area contributed by atoms with Crippen LogP contribution in [0.4, 0.5) is 0 Å². The molecule has 0 radical (unpaired) electrons. The van der Waals surface area contributed by atoms with Crippen LogP contribution in [-0.4, -0.2) is 58.6 Å². The van der Waals surface area contributed by atoms with Crippen molar-refractivity contribution in [3.63, 3.8) is 0 Å². The lowest BCUT2D eigenvalue weighted by Gasteiger charge is -2.38. The molecule has 36 heavy (non-hydrogen) atoms. The summed E-state index contributed by atoms with van der Waals surface area (Å²) >= 11 is 0. The molecular weight excluding hydrogens is 454 g/mol. The van der Waals surface area contributed by atoms with Crippen molar-refractivity contribution in [3.05, 3.63) is 71.8 Å². The molecule has 194 valence electrons. The molecule has 0 bridgehead atoms. The summed E-state index contributed by atoms with van der Waals surface area (Å²) in [6.07, 6.45) is 7.07. The molecule has 1 N–H and O–H groups in total. The highest BCUT2D eigenvalue weighted by Gasteiger charge is 2.33. The molecule has 7 nitrogen and oxygen atoms in total. The highest BCUT2D eigenvalue weighted by atomic mass is 16.5. The Morgan fingerprint density at radius 3 is 2.53 bits per heavy atom. The maximum atomic E-state index is 11.0. The number of rotatable bonds is 12. The van der Waals surface area contributed by atoms with Crippen molar-refractivity contribution in [1.29, 1.82) is 0 Å². The lowest BCUT2D eigenvalue weighted by Crippen LogP contribution is -2.47. The van der Waals surface area contributed by atoms with Crippen molar-refractivity contribution >= 4 is 0 Å². The Balaban J connectivity index is 1.25. The first-order valence-electron chi connectivity index (χ1n) is 12.9. The number of aliphatic hydroxyl groups is 1. The van der Waals surface area contributed by atoms with Gasteiger partial charge in [0, 0.05) is 45.0 Å². The third-order valence-corrected chi connectivity index (χ3v) is 6.87. The minimum absolute atomic E-state index is 0.323. The first-order chi connectivity index (χ1) is 17.5. The Morgan fingerprint density at radius 1 is 1.03 bits per heavy atom. The van der Waals surface area contributed by atoms with Crippen LogP contribution in [0.15, 0.2) is 54.9 Å². The first kappa shape index (κ1) is 26.0. The number of piperidine rings is 1. The Hall–Kier alpha value is -3.03. The van der Waals surface area contributed by atoms with E-state index in [4.69, 9.17) is 14.2 Å². The van der Waals surface area contributed by atoms with Crippen LogP contribution in [0, 0.1) is 6.92 Å². The van der Waals surface area contributed by atoms with E-state index in [0.29, 0.717) is 26.1 Å². The molecule has 0 atom stereocenters. The molecule has 3 aromatic rings. The standard InChI is InChI=1S/C29H39N3O4/c1-4-28-30-14-18-32(28)15-5-19-35-27-20-24(8-11-26(27)34-3)21-31-16-12-29(33,13-17-31)22-36-25-9-6-23(2)7-10-25/h6-11,14,18,20,33H,4-5,12-13,15-17,19,21-22H2,1-3H3. The van der Waals surface area contributed by atoms with Gasteiger partial charge >= 0.3 is 0 Å². The fraction of sp³-hybridized carbons (Fsp3) is 0.483. The lowest BCUT2D eigenvalue weighted by molar-refractivity contribution is -0.0537. The zero-order valence-electron chi connectivity index (χ0n) is 21.8. The van der Waals surface area contributed by atoms with Gasteiger partial charge in [-0.1, -0.05) is 30.7 Å². The highest BCUT2D eigenvalue weighted by Crippen LogP contribution is 2.30. The van der Waals surface area contributed by atoms with Crippen molar-refractivity contribution in [1.82, 2.24) is 14.5 Å². The maximum absolute atomic E-state index is 11.0. The van der Waals surface area contributed by atoms with Crippen LogP contribution < -0.4 is 14.2 Å². The molecule has 7 heteroatoms. The van der Waals surface area contributed by atoms with Crippen LogP contribution >= 0.6 is 0 Å². The molecule has 0 amide bonds. The molecule has 2 heterocycles. The maximum Gasteiger partial charge on any atom is 0.161 e. The molecular formula is C29H39N3O4. The molecule has 0 saturated carbocycles. The number of imidazole rings is 1. The summed E-state index contributed by atoms with van der Waals surface area (Å²) < 4.78 is 19.7. The fourth-order valence-corrected chi connectivity index (χ4v) is 4.59. The summed E-state index contributed by atoms with van der Waals surface area (Å²) in [7, 11) is 1.67. The molecule has 4 rings (SSSR count). The van der Waals surface area contributed by atoms with Gasteiger partial charge in [-0.05, 0) is 56.0 Å². The van der Waals surface area contributed by atoms with Crippen molar-refractivity contribution in [3.8, 4) is 17.2 Å². The molecule has 1 saturated heterocycles. The average molecular weight is 494 g/mol. The third kappa shape index (κ3) is 7.02. The predicted molar refractivity (Wildman–Crippen MR) is 141 cm³/mol. The number of aromatic nitrogens is 2. The van der Waals surface area contributed by atoms with Crippen LogP contribution in [0.5, 0.6) is 17.2 Å². The molecule has 1 aromatic heterocycles. The minimum Gasteiger partial charge on any atom is -0.493 e. The summed E-state index contributed by atoms with van der Waals surface area (Å²) in [6, 6.07) is 14.1. The molecule has 2 aromatic carbocycles. The van der Waals surface area contributed by atoms with Gasteiger partial charge in [-0.3, -0.25) is 4.90 Å². The summed E-state index contributed by atoms with van der Waals surface area (Å²) in [5, 5.41) is 11.0. The minimum atomic E-state index is -0.789. The van der Waals surface area contributed by atoms with Gasteiger partial charge in [-0.2, -0.15) is 0 Å². The molecule has 0 spiro atoms. The largest absolute Gasteiger partial charge is 0.493 e. The molecule has 1 aliphatic rings. The molecule has 1 aliphatic heterocycles. The highest BCUT2D eigenvalue weighted by molar-refractivity contribution is 5.43. The van der Waals surface area contributed by atoms with Crippen LogP contribution in [0.2, 0.25) is 0 Å². The van der Waals surface area contributed by atoms with E-state index in [-0.39, 0.29) is 0 Å². The Bertz CT molecular complexity index is 1090. The first-order valence-corrected chi connectivity index (χ1v) is 12.9. The number of ether oxygens (including phenoxy) is 3. The van der Waals surface area contributed by atoms with Crippen molar-refractivity contribution in [2.75, 3.05) is 33.4 Å². The van der Waals surface area contributed by atoms with Gasteiger partial charge in [-0.15, -0.1) is 0 Å². The van der Waals surface area contributed by atoms with Gasteiger partial charge in [0.05, 0.1) is 13.7 Å². The van der Waals surface area contributed by atoms with E-state index >= 15 is 0 Å². The second kappa shape index (κ2) is 12.3. The van der Waals surface area contributed by atoms with E-state index in [9.17, 15) is 5.11 Å². The number of likely N-dealkylation sites (tertiary alicyclic amines) is 1. The summed E-state index contributed by atoms with van der Waals surface area (Å²) in [5.41, 5.74) is 1.58. The second-order valence-electron chi connectivity index (χ2n) is 9.68. The average Bonchev–Trinajstić information content (AvgIpc) is 3.36. The van der Waals surface area contributed by atoms with E-state index in [2.05, 4.69) is 40.4 Å². The van der Waals surface area contributed by atoms with Crippen LogP contribution in [-0.2, 0) is 19.5 Å². The number of hydrogen-bond acceptors (Lipinski definition) is 6. The zero-order valence-corrected chi connectivity index (χ0v) is 21.8. The Morgan fingerprint density at radius 2 is 1.81 bits per heavy atom. The van der Waals surface area contributed by atoms with Gasteiger partial charge in [0.2, 0.25) is 0 Å². The summed E-state index contributed by atoms with van der Waals surface area (Å²) in [5.74, 6) is 3.43. The topological polar surface area (TPSA) is 69.0 Å². The van der Waals surface area contributed by atoms with E-state index in [1.165, 1.54) is 11.1 Å². The lowest BCUT2D eigenvalue weighted by atomic mass is 9.92. The van der Waals surface area contributed by atoms with E-state index < -0.39 is 5.60 Å². The number of benzene rings is 2. The zero-order chi connectivity index (χ0) is 25.4. The number of hydrogen-bond donors (Lipinski definition) is 1. The SMILES string of the molecule is CCc1nccn1CCCOc1cc(CN2CCC(O)(COc3ccc(C)cc3)CC2)ccc1OC. The van der Waals surface area contributed by atoms with Gasteiger partial charge in [0.1, 0.15) is 23.8 Å². The van der Waals surface area contributed by atoms with Gasteiger partial charge in [-0.25, -0.2) is 4.98 Å². The smallest absolute Gasteiger partial charge is 0.161 e. The summed E-state index contributed by atoms with van der Waals surface area (Å²) in [4.78, 5) is 6.75. The van der Waals surface area contributed by atoms with Gasteiger partial charge < -0.3 is 23.9 Å². The van der Waals surface area contributed by atoms with Crippen molar-refractivity contribution in [2.45, 2.75) is 58.2 Å². The number of aryl methyl sites for hydroxylation is 3. The summed E-state index contributed by atoms with van der Waals surface area (Å²) in [6.45, 7) is 8.44. The van der Waals surface area contributed by atoms with Gasteiger partial charge in [0.25, 0.3) is 0 Å². The molecule has 0 unspecified atom stereocenters. The van der Waals surface area contributed by atoms with Crippen LogP contribution in [0.25, 0.3) is 0 Å². The predicted octanol–water partition coefficient (Wildman–Crippen LogP) is 4.64. The third-order valence-electron chi connectivity index (χ3n) is 6.87. The Kier molecular flexibility index (Phi) is 8.88.